The van der Waals surface area contributed by atoms with Crippen molar-refractivity contribution in [1.82, 2.24) is 24.9 Å². The number of pyridine rings is 1. The first-order valence-corrected chi connectivity index (χ1v) is 7.88. The van der Waals surface area contributed by atoms with E-state index in [9.17, 15) is 0 Å². The second kappa shape index (κ2) is 6.16. The number of nitrogens with zero attached hydrogens (tertiary/aromatic N) is 5. The Balaban J connectivity index is 1.57. The molecule has 3 aromatic heterocycles. The molecule has 6 nitrogen and oxygen atoms in total. The third kappa shape index (κ3) is 2.92. The van der Waals surface area contributed by atoms with Gasteiger partial charge in [0, 0.05) is 43.8 Å². The maximum absolute atomic E-state index is 4.76. The molecule has 0 spiro atoms. The summed E-state index contributed by atoms with van der Waals surface area (Å²) in [5, 5.41) is 0. The van der Waals surface area contributed by atoms with E-state index in [0.717, 1.165) is 49.0 Å². The highest BCUT2D eigenvalue weighted by molar-refractivity contribution is 5.47. The van der Waals surface area contributed by atoms with Gasteiger partial charge in [-0.3, -0.25) is 4.98 Å². The lowest BCUT2D eigenvalue weighted by molar-refractivity contribution is 0.497. The number of imidazole rings is 1. The van der Waals surface area contributed by atoms with Gasteiger partial charge in [0.1, 0.15) is 11.5 Å². The highest BCUT2D eigenvalue weighted by Gasteiger charge is 2.23. The van der Waals surface area contributed by atoms with Crippen molar-refractivity contribution in [3.63, 3.8) is 0 Å². The van der Waals surface area contributed by atoms with Gasteiger partial charge in [-0.2, -0.15) is 0 Å². The molecule has 6 heteroatoms. The van der Waals surface area contributed by atoms with Gasteiger partial charge in [0.15, 0.2) is 5.82 Å². The quantitative estimate of drug-likeness (QED) is 0.805. The lowest BCUT2D eigenvalue weighted by Gasteiger charge is -2.33. The highest BCUT2D eigenvalue weighted by Crippen LogP contribution is 2.28. The average molecular weight is 306 g/mol. The molecule has 4 heterocycles. The second-order valence-electron chi connectivity index (χ2n) is 5.74. The number of nitrogens with one attached hydrogen (secondary N) is 1. The number of hydrogen-bond donors (Lipinski definition) is 1. The first kappa shape index (κ1) is 13.9. The molecule has 1 aliphatic heterocycles. The van der Waals surface area contributed by atoms with E-state index in [2.05, 4.69) is 30.9 Å². The van der Waals surface area contributed by atoms with Crippen molar-refractivity contribution in [2.24, 2.45) is 0 Å². The van der Waals surface area contributed by atoms with Gasteiger partial charge in [-0.1, -0.05) is 6.07 Å². The van der Waals surface area contributed by atoms with Gasteiger partial charge < -0.3 is 9.88 Å². The van der Waals surface area contributed by atoms with Gasteiger partial charge in [-0.25, -0.2) is 15.0 Å². The summed E-state index contributed by atoms with van der Waals surface area (Å²) < 4.78 is 0. The van der Waals surface area contributed by atoms with E-state index in [0.29, 0.717) is 5.92 Å². The van der Waals surface area contributed by atoms with Crippen LogP contribution >= 0.6 is 0 Å². The van der Waals surface area contributed by atoms with Gasteiger partial charge in [0.25, 0.3) is 0 Å². The minimum absolute atomic E-state index is 0.369. The van der Waals surface area contributed by atoms with Gasteiger partial charge >= 0.3 is 0 Å². The van der Waals surface area contributed by atoms with Crippen LogP contribution in [0.15, 0.2) is 49.2 Å². The number of aromatic nitrogens is 5. The number of H-pyrrole nitrogens is 1. The predicted molar refractivity (Wildman–Crippen MR) is 88.0 cm³/mol. The van der Waals surface area contributed by atoms with Crippen LogP contribution in [0.3, 0.4) is 0 Å². The van der Waals surface area contributed by atoms with E-state index in [1.54, 1.807) is 18.6 Å². The first-order chi connectivity index (χ1) is 11.4. The molecule has 0 saturated carbocycles. The Bertz CT molecular complexity index is 756. The second-order valence-corrected chi connectivity index (χ2v) is 5.74. The Labute approximate surface area is 134 Å². The predicted octanol–water partition coefficient (Wildman–Crippen LogP) is 2.65. The van der Waals surface area contributed by atoms with E-state index < -0.39 is 0 Å². The molecule has 3 aromatic rings. The summed E-state index contributed by atoms with van der Waals surface area (Å²) in [6.45, 7) is 1.96. The van der Waals surface area contributed by atoms with Crippen LogP contribution in [0.4, 0.5) is 5.82 Å². The maximum Gasteiger partial charge on any atom is 0.157 e. The van der Waals surface area contributed by atoms with Crippen molar-refractivity contribution in [2.45, 2.75) is 18.8 Å². The van der Waals surface area contributed by atoms with Crippen molar-refractivity contribution < 1.29 is 0 Å². The van der Waals surface area contributed by atoms with Crippen molar-refractivity contribution in [2.75, 3.05) is 18.0 Å². The maximum atomic E-state index is 4.76. The van der Waals surface area contributed by atoms with Crippen molar-refractivity contribution >= 4 is 5.82 Å². The number of anilines is 1. The normalized spacial score (nSPS) is 18.1. The summed E-state index contributed by atoms with van der Waals surface area (Å²) in [7, 11) is 0. The van der Waals surface area contributed by atoms with Crippen LogP contribution in [0.1, 0.15) is 24.5 Å². The van der Waals surface area contributed by atoms with Crippen LogP contribution in [0.2, 0.25) is 0 Å². The molecule has 4 rings (SSSR count). The molecule has 1 aliphatic rings. The smallest absolute Gasteiger partial charge is 0.157 e. The van der Waals surface area contributed by atoms with Crippen molar-refractivity contribution in [1.29, 1.82) is 0 Å². The molecule has 23 heavy (non-hydrogen) atoms. The summed E-state index contributed by atoms with van der Waals surface area (Å²) >= 11 is 0. The molecular weight excluding hydrogens is 288 g/mol. The van der Waals surface area contributed by atoms with Crippen molar-refractivity contribution in [3.05, 3.63) is 54.9 Å². The van der Waals surface area contributed by atoms with Crippen LogP contribution in [-0.4, -0.2) is 38.0 Å². The minimum Gasteiger partial charge on any atom is -0.356 e. The zero-order valence-corrected chi connectivity index (χ0v) is 12.8. The summed E-state index contributed by atoms with van der Waals surface area (Å²) in [4.78, 5) is 23.3. The molecule has 1 atom stereocenters. The zero-order chi connectivity index (χ0) is 15.5. The molecule has 116 valence electrons. The van der Waals surface area contributed by atoms with Gasteiger partial charge in [-0.15, -0.1) is 0 Å². The monoisotopic (exact) mass is 306 g/mol. The van der Waals surface area contributed by atoms with Gasteiger partial charge in [-0.05, 0) is 25.0 Å². The number of hydrogen-bond acceptors (Lipinski definition) is 5. The van der Waals surface area contributed by atoms with Crippen LogP contribution in [0.25, 0.3) is 11.5 Å². The Morgan fingerprint density at radius 1 is 1.13 bits per heavy atom. The fourth-order valence-corrected chi connectivity index (χ4v) is 3.06. The Kier molecular flexibility index (Phi) is 3.71. The lowest BCUT2D eigenvalue weighted by Crippen LogP contribution is -2.35. The van der Waals surface area contributed by atoms with Gasteiger partial charge in [0.2, 0.25) is 0 Å². The van der Waals surface area contributed by atoms with E-state index in [1.807, 2.05) is 24.5 Å². The molecule has 0 amide bonds. The van der Waals surface area contributed by atoms with Gasteiger partial charge in [0.05, 0.1) is 11.9 Å². The molecule has 0 bridgehead atoms. The number of aromatic amines is 1. The Hall–Kier alpha value is -2.76. The molecule has 1 unspecified atom stereocenters. The minimum atomic E-state index is 0.369. The summed E-state index contributed by atoms with van der Waals surface area (Å²) in [6, 6.07) is 6.04. The molecule has 0 radical (unpaired) electrons. The van der Waals surface area contributed by atoms with E-state index >= 15 is 0 Å². The average Bonchev–Trinajstić information content (AvgIpc) is 3.18. The molecule has 1 N–H and O–H groups in total. The number of rotatable bonds is 3. The van der Waals surface area contributed by atoms with Crippen LogP contribution < -0.4 is 4.90 Å². The fraction of sp³-hybridized carbons (Fsp3) is 0.294. The van der Waals surface area contributed by atoms with E-state index in [-0.39, 0.29) is 0 Å². The van der Waals surface area contributed by atoms with Crippen molar-refractivity contribution in [3.8, 4) is 11.5 Å². The third-order valence-electron chi connectivity index (χ3n) is 4.21. The van der Waals surface area contributed by atoms with E-state index in [4.69, 9.17) is 4.98 Å². The topological polar surface area (TPSA) is 70.6 Å². The molecular formula is C17H18N6. The zero-order valence-electron chi connectivity index (χ0n) is 12.8. The van der Waals surface area contributed by atoms with Crippen LogP contribution in [-0.2, 0) is 0 Å². The highest BCUT2D eigenvalue weighted by atomic mass is 15.2. The Morgan fingerprint density at radius 2 is 2.13 bits per heavy atom. The van der Waals surface area contributed by atoms with Crippen LogP contribution in [0, 0.1) is 0 Å². The SMILES string of the molecule is c1ccc(N2CCCC(c3cncc(-c4ncc[nH]4)n3)C2)nc1. The standard InChI is InChI=1S/C17H18N6/c1-2-6-19-16(5-1)23-9-3-4-13(12-23)14-10-18-11-15(22-14)17-20-7-8-21-17/h1-2,5-8,10-11,13H,3-4,9,12H2,(H,20,21). The molecule has 1 saturated heterocycles. The Morgan fingerprint density at radius 3 is 2.96 bits per heavy atom. The lowest BCUT2D eigenvalue weighted by atomic mass is 9.95. The van der Waals surface area contributed by atoms with Crippen LogP contribution in [0.5, 0.6) is 0 Å². The first-order valence-electron chi connectivity index (χ1n) is 7.88. The van der Waals surface area contributed by atoms with E-state index in [1.165, 1.54) is 0 Å². The third-order valence-corrected chi connectivity index (χ3v) is 4.21. The summed E-state index contributed by atoms with van der Waals surface area (Å²) in [5.74, 6) is 2.16. The number of piperidine rings is 1. The fourth-order valence-electron chi connectivity index (χ4n) is 3.06. The molecule has 0 aromatic carbocycles. The molecule has 0 aliphatic carbocycles. The summed E-state index contributed by atoms with van der Waals surface area (Å²) in [5.41, 5.74) is 1.82. The summed E-state index contributed by atoms with van der Waals surface area (Å²) in [6.07, 6.45) is 11.3. The largest absolute Gasteiger partial charge is 0.356 e. The molecule has 1 fully saturated rings.